The lowest BCUT2D eigenvalue weighted by molar-refractivity contribution is -0.697. The van der Waals surface area contributed by atoms with Crippen molar-refractivity contribution in [2.24, 2.45) is 17.6 Å². The zero-order valence-electron chi connectivity index (χ0n) is 20.5. The molecule has 0 radical (unpaired) electrons. The Morgan fingerprint density at radius 3 is 2.63 bits per heavy atom. The lowest BCUT2D eigenvalue weighted by Gasteiger charge is -2.46. The number of carbonyl (C=O) groups excluding carboxylic acids is 3. The molecule has 12 nitrogen and oxygen atoms in total. The molecule has 13 heteroatoms. The number of aliphatic hydroxyl groups excluding tert-OH is 1. The van der Waals surface area contributed by atoms with Crippen LogP contribution in [0, 0.1) is 11.8 Å². The number of nitrogens with zero attached hydrogens (tertiary/aromatic N) is 4. The smallest absolute Gasteiger partial charge is 0.352 e. The van der Waals surface area contributed by atoms with Gasteiger partial charge in [0.25, 0.3) is 0 Å². The molecule has 3 aromatic rings. The summed E-state index contributed by atoms with van der Waals surface area (Å²) in [4.78, 5) is 56.3. The Morgan fingerprint density at radius 2 is 2.00 bits per heavy atom. The molecule has 4 N–H and O–H groups in total. The summed E-state index contributed by atoms with van der Waals surface area (Å²) in [5.74, 6) is -4.67. The normalized spacial score (nSPS) is 21.5. The van der Waals surface area contributed by atoms with Crippen molar-refractivity contribution in [3.8, 4) is 0 Å². The highest BCUT2D eigenvalue weighted by atomic mass is 32.1. The largest absolute Gasteiger partial charge is 0.545 e. The molecule has 3 aromatic heterocycles. The number of aliphatic carboxylic acids is 1. The number of imidazole rings is 1. The summed E-state index contributed by atoms with van der Waals surface area (Å²) in [5, 5.41) is 31.6. The van der Waals surface area contributed by atoms with E-state index in [4.69, 9.17) is 5.73 Å². The van der Waals surface area contributed by atoms with Crippen molar-refractivity contribution in [3.63, 3.8) is 0 Å². The van der Waals surface area contributed by atoms with Crippen LogP contribution in [0.2, 0.25) is 0 Å². The number of β-lactam (4-membered cyclic amide) rings is 1. The second kappa shape index (κ2) is 9.42. The highest BCUT2D eigenvalue weighted by molar-refractivity contribution is 7.18. The first-order valence-electron chi connectivity index (χ1n) is 12.0. The van der Waals surface area contributed by atoms with E-state index in [-0.39, 0.29) is 28.4 Å². The molecule has 5 heterocycles. The molecular formula is C25H25N5O7S. The number of fused-ring (bicyclic) bond motifs is 2. The zero-order valence-corrected chi connectivity index (χ0v) is 21.3. The summed E-state index contributed by atoms with van der Waals surface area (Å²) in [5.41, 5.74) is 5.90. The molecule has 0 spiro atoms. The number of hydrogen-bond donors (Lipinski definition) is 3. The maximum absolute atomic E-state index is 13.5. The van der Waals surface area contributed by atoms with E-state index in [1.165, 1.54) is 36.6 Å². The molecule has 198 valence electrons. The predicted octanol–water partition coefficient (Wildman–Crippen LogP) is -0.720. The third-order valence-electron chi connectivity index (χ3n) is 7.11. The van der Waals surface area contributed by atoms with Gasteiger partial charge in [-0.3, -0.25) is 14.0 Å². The highest BCUT2D eigenvalue weighted by Crippen LogP contribution is 2.51. The minimum atomic E-state index is -1.42. The van der Waals surface area contributed by atoms with Gasteiger partial charge < -0.3 is 30.7 Å². The fourth-order valence-corrected chi connectivity index (χ4v) is 6.60. The molecule has 0 unspecified atom stereocenters. The minimum Gasteiger partial charge on any atom is -0.545 e. The molecule has 1 fully saturated rings. The molecule has 0 saturated carbocycles. The van der Waals surface area contributed by atoms with E-state index >= 15 is 0 Å². The van der Waals surface area contributed by atoms with Crippen LogP contribution in [0.4, 0.5) is 0 Å². The van der Waals surface area contributed by atoms with Crippen molar-refractivity contribution in [3.05, 3.63) is 58.4 Å². The molecule has 5 rings (SSSR count). The number of carbonyl (C=O) groups is 4. The van der Waals surface area contributed by atoms with Gasteiger partial charge in [-0.2, -0.15) is 0 Å². The van der Waals surface area contributed by atoms with Gasteiger partial charge in [0.05, 0.1) is 40.0 Å². The van der Waals surface area contributed by atoms with Gasteiger partial charge >= 0.3 is 5.97 Å². The van der Waals surface area contributed by atoms with E-state index < -0.39 is 41.7 Å². The molecule has 0 aromatic carbocycles. The van der Waals surface area contributed by atoms with Crippen LogP contribution in [-0.2, 0) is 16.1 Å². The fraction of sp³-hybridized carbons (Fsp3) is 0.360. The molecule has 2 aliphatic heterocycles. The highest BCUT2D eigenvalue weighted by Gasteiger charge is 2.60. The molecule has 2 aliphatic rings. The molecular weight excluding hydrogens is 514 g/mol. The van der Waals surface area contributed by atoms with Crippen LogP contribution < -0.4 is 15.4 Å². The Balaban J connectivity index is 1.55. The van der Waals surface area contributed by atoms with Crippen molar-refractivity contribution < 1.29 is 39.1 Å². The van der Waals surface area contributed by atoms with Gasteiger partial charge in [0, 0.05) is 24.1 Å². The Hall–Kier alpha value is -3.94. The van der Waals surface area contributed by atoms with E-state index in [1.807, 2.05) is 6.92 Å². The first-order chi connectivity index (χ1) is 18.0. The Kier molecular flexibility index (Phi) is 6.37. The van der Waals surface area contributed by atoms with Gasteiger partial charge in [0.1, 0.15) is 29.1 Å². The zero-order chi connectivity index (χ0) is 27.5. The quantitative estimate of drug-likeness (QED) is 0.179. The number of aryl methyl sites for hydroxylation is 1. The molecule has 1 amide bonds. The Morgan fingerprint density at radius 1 is 1.29 bits per heavy atom. The second-order valence-electron chi connectivity index (χ2n) is 9.53. The lowest BCUT2D eigenvalue weighted by atomic mass is 9.77. The number of carboxylic acids is 2. The van der Waals surface area contributed by atoms with E-state index in [2.05, 4.69) is 4.98 Å². The number of aliphatic hydroxyl groups is 1. The Labute approximate surface area is 220 Å². The van der Waals surface area contributed by atoms with Gasteiger partial charge in [-0.15, -0.1) is 11.3 Å². The van der Waals surface area contributed by atoms with Gasteiger partial charge in [-0.05, 0) is 19.5 Å². The minimum absolute atomic E-state index is 0.0754. The van der Waals surface area contributed by atoms with Crippen LogP contribution in [0.15, 0.2) is 36.7 Å². The summed E-state index contributed by atoms with van der Waals surface area (Å²) in [7, 11) is 0. The van der Waals surface area contributed by atoms with E-state index in [9.17, 15) is 34.5 Å². The van der Waals surface area contributed by atoms with Gasteiger partial charge in [0.2, 0.25) is 11.7 Å². The predicted molar refractivity (Wildman–Crippen MR) is 131 cm³/mol. The average Bonchev–Trinajstić information content (AvgIpc) is 3.51. The fourth-order valence-electron chi connectivity index (χ4n) is 5.39. The number of amides is 1. The number of nitrogens with two attached hydrogens (primary N) is 1. The standard InChI is InChI=1S/C25H25N5O7S/c1-11-16(20(25(36)37)30-19(11)17(12(2)31)22(30)33)15-9-29-10-27-18(23(29)38-15)21(32)13-6-14(24(34)35)8-28(7-13)5-3-4-26/h6-12,17,19,31H,3-5,26H2,1-2H3,(H-,34,35,36,37)/t11-,12+,17+,19+/m0/s1. The number of carboxylic acid groups (broad SMARTS) is 2. The summed E-state index contributed by atoms with van der Waals surface area (Å²) in [6.45, 7) is 4.13. The van der Waals surface area contributed by atoms with Crippen LogP contribution in [0.25, 0.3) is 10.4 Å². The Bertz CT molecular complexity index is 1540. The summed E-state index contributed by atoms with van der Waals surface area (Å²) in [6.07, 6.45) is 5.64. The van der Waals surface area contributed by atoms with Crippen molar-refractivity contribution >= 4 is 45.4 Å². The number of ketones is 1. The van der Waals surface area contributed by atoms with Crippen molar-refractivity contribution in [1.82, 2.24) is 14.3 Å². The van der Waals surface area contributed by atoms with Crippen LogP contribution >= 0.6 is 11.3 Å². The van der Waals surface area contributed by atoms with Crippen molar-refractivity contribution in [2.75, 3.05) is 6.54 Å². The topological polar surface area (TPSA) is 182 Å². The van der Waals surface area contributed by atoms with E-state index in [1.54, 1.807) is 15.2 Å². The first-order valence-corrected chi connectivity index (χ1v) is 12.8. The van der Waals surface area contributed by atoms with Gasteiger partial charge in [-0.25, -0.2) is 14.3 Å². The molecule has 4 atom stereocenters. The van der Waals surface area contributed by atoms with Crippen LogP contribution in [-0.4, -0.2) is 66.8 Å². The number of aromatic carboxylic acids is 1. The van der Waals surface area contributed by atoms with Crippen LogP contribution in [0.3, 0.4) is 0 Å². The SMILES string of the molecule is C[C@@H](O)[C@H]1C(=O)N2C(C(=O)O)=C(c3cn4cnc(C(=O)c5cc(C(=O)[O-])c[n+](CCCN)c5)c4s3)[C@H](C)[C@H]12. The number of hydrogen-bond acceptors (Lipinski definition) is 9. The average molecular weight is 540 g/mol. The first kappa shape index (κ1) is 25.7. The maximum atomic E-state index is 13.5. The monoisotopic (exact) mass is 539 g/mol. The molecule has 1 saturated heterocycles. The van der Waals surface area contributed by atoms with Gasteiger partial charge in [-0.1, -0.05) is 6.92 Å². The summed E-state index contributed by atoms with van der Waals surface area (Å²) >= 11 is 1.15. The molecule has 0 bridgehead atoms. The van der Waals surface area contributed by atoms with Crippen LogP contribution in [0.5, 0.6) is 0 Å². The molecule has 38 heavy (non-hydrogen) atoms. The second-order valence-corrected chi connectivity index (χ2v) is 10.6. The van der Waals surface area contributed by atoms with Crippen molar-refractivity contribution in [1.29, 1.82) is 0 Å². The summed E-state index contributed by atoms with van der Waals surface area (Å²) in [6, 6.07) is 0.758. The van der Waals surface area contributed by atoms with E-state index in [0.717, 1.165) is 11.3 Å². The number of thiazole rings is 1. The van der Waals surface area contributed by atoms with Crippen molar-refractivity contribution in [2.45, 2.75) is 39.0 Å². The van der Waals surface area contributed by atoms with E-state index in [0.29, 0.717) is 34.8 Å². The third kappa shape index (κ3) is 3.90. The maximum Gasteiger partial charge on any atom is 0.352 e. The van der Waals surface area contributed by atoms with Gasteiger partial charge in [0.15, 0.2) is 12.4 Å². The number of aromatic nitrogens is 3. The van der Waals surface area contributed by atoms with Crippen LogP contribution in [0.1, 0.15) is 51.6 Å². The summed E-state index contributed by atoms with van der Waals surface area (Å²) < 4.78 is 3.17. The molecule has 0 aliphatic carbocycles. The number of pyridine rings is 1. The third-order valence-corrected chi connectivity index (χ3v) is 8.25. The lowest BCUT2D eigenvalue weighted by Crippen LogP contribution is -2.63. The number of rotatable bonds is 9.